The zero-order valence-corrected chi connectivity index (χ0v) is 14.2. The number of nitrogens with zero attached hydrogens (tertiary/aromatic N) is 1. The van der Waals surface area contributed by atoms with Crippen LogP contribution in [0.3, 0.4) is 0 Å². The van der Waals surface area contributed by atoms with Crippen LogP contribution in [0.1, 0.15) is 78.6 Å². The summed E-state index contributed by atoms with van der Waals surface area (Å²) >= 11 is 0. The summed E-state index contributed by atoms with van der Waals surface area (Å²) in [4.78, 5) is 14.3. The Morgan fingerprint density at radius 2 is 1.52 bits per heavy atom. The molecule has 0 N–H and O–H groups in total. The highest BCUT2D eigenvalue weighted by molar-refractivity contribution is 5.68. The minimum Gasteiger partial charge on any atom is -0.444 e. The second-order valence-corrected chi connectivity index (χ2v) is 8.00. The lowest BCUT2D eigenvalue weighted by Crippen LogP contribution is -2.38. The molecule has 0 aromatic rings. The largest absolute Gasteiger partial charge is 0.444 e. The Bertz CT molecular complexity index is 335. The van der Waals surface area contributed by atoms with Crippen LogP contribution in [0.25, 0.3) is 0 Å². The second-order valence-electron chi connectivity index (χ2n) is 8.00. The lowest BCUT2D eigenvalue weighted by Gasteiger charge is -2.28. The molecule has 1 heterocycles. The molecule has 1 aliphatic carbocycles. The molecule has 2 fully saturated rings. The highest BCUT2D eigenvalue weighted by Gasteiger charge is 2.26. The normalized spacial score (nSPS) is 28.6. The van der Waals surface area contributed by atoms with E-state index in [0.29, 0.717) is 0 Å². The van der Waals surface area contributed by atoms with Crippen LogP contribution >= 0.6 is 0 Å². The smallest absolute Gasteiger partial charge is 0.410 e. The Morgan fingerprint density at radius 1 is 0.905 bits per heavy atom. The third-order valence-corrected chi connectivity index (χ3v) is 4.89. The predicted octanol–water partition coefficient (Wildman–Crippen LogP) is 4.99. The number of carbonyl (C=O) groups excluding carboxylic acids is 1. The number of hydrogen-bond acceptors (Lipinski definition) is 2. The fraction of sp³-hybridized carbons (Fsp3) is 0.944. The fourth-order valence-electron chi connectivity index (χ4n) is 3.80. The van der Waals surface area contributed by atoms with Crippen LogP contribution in [0.5, 0.6) is 0 Å². The maximum absolute atomic E-state index is 12.3. The first-order chi connectivity index (χ1) is 9.94. The summed E-state index contributed by atoms with van der Waals surface area (Å²) in [7, 11) is 0. The lowest BCUT2D eigenvalue weighted by atomic mass is 9.81. The standard InChI is InChI=1S/C18H33NO2/c1-18(2,3)21-17(20)19-12-7-10-15-8-5-4-6-9-16(14-15)11-13-19/h15-16H,4-14H2,1-3H3. The number of hydrogen-bond donors (Lipinski definition) is 0. The van der Waals surface area contributed by atoms with Crippen molar-refractivity contribution >= 4 is 6.09 Å². The first-order valence-corrected chi connectivity index (χ1v) is 8.92. The molecule has 21 heavy (non-hydrogen) atoms. The van der Waals surface area contributed by atoms with Gasteiger partial charge in [0.25, 0.3) is 0 Å². The first-order valence-electron chi connectivity index (χ1n) is 8.92. The summed E-state index contributed by atoms with van der Waals surface area (Å²) in [6, 6.07) is 0. The quantitative estimate of drug-likeness (QED) is 0.630. The average molecular weight is 295 g/mol. The van der Waals surface area contributed by atoms with E-state index >= 15 is 0 Å². The van der Waals surface area contributed by atoms with Crippen LogP contribution in [0.4, 0.5) is 4.79 Å². The summed E-state index contributed by atoms with van der Waals surface area (Å²) in [5, 5.41) is 0. The molecule has 1 aliphatic heterocycles. The molecule has 0 aromatic carbocycles. The number of ether oxygens (including phenoxy) is 1. The van der Waals surface area contributed by atoms with E-state index in [4.69, 9.17) is 4.74 Å². The van der Waals surface area contributed by atoms with Gasteiger partial charge in [-0.05, 0) is 58.3 Å². The second kappa shape index (κ2) is 7.51. The highest BCUT2D eigenvalue weighted by atomic mass is 16.6. The molecule has 0 radical (unpaired) electrons. The number of rotatable bonds is 0. The van der Waals surface area contributed by atoms with Crippen LogP contribution in [-0.2, 0) is 4.74 Å². The molecule has 1 amide bonds. The zero-order valence-electron chi connectivity index (χ0n) is 14.2. The molecule has 3 heteroatoms. The van der Waals surface area contributed by atoms with Gasteiger partial charge >= 0.3 is 6.09 Å². The maximum atomic E-state index is 12.3. The average Bonchev–Trinajstić information content (AvgIpc) is 2.44. The van der Waals surface area contributed by atoms with Crippen LogP contribution in [-0.4, -0.2) is 29.7 Å². The molecule has 0 spiro atoms. The van der Waals surface area contributed by atoms with E-state index in [2.05, 4.69) is 0 Å². The van der Waals surface area contributed by atoms with Gasteiger partial charge in [0.2, 0.25) is 0 Å². The van der Waals surface area contributed by atoms with Crippen molar-refractivity contribution in [2.75, 3.05) is 13.1 Å². The molecule has 3 nitrogen and oxygen atoms in total. The lowest BCUT2D eigenvalue weighted by molar-refractivity contribution is 0.0240. The minimum absolute atomic E-state index is 0.116. The molecule has 2 atom stereocenters. The van der Waals surface area contributed by atoms with E-state index in [9.17, 15) is 4.79 Å². The van der Waals surface area contributed by atoms with Gasteiger partial charge < -0.3 is 9.64 Å². The number of carbonyl (C=O) groups is 1. The molecule has 1 saturated carbocycles. The van der Waals surface area contributed by atoms with Gasteiger partial charge in [-0.15, -0.1) is 0 Å². The van der Waals surface area contributed by atoms with Gasteiger partial charge in [0.05, 0.1) is 0 Å². The third kappa shape index (κ3) is 5.88. The Balaban J connectivity index is 1.95. The molecular weight excluding hydrogens is 262 g/mol. The van der Waals surface area contributed by atoms with Gasteiger partial charge in [0, 0.05) is 13.1 Å². The summed E-state index contributed by atoms with van der Waals surface area (Å²) in [6.45, 7) is 7.60. The monoisotopic (exact) mass is 295 g/mol. The van der Waals surface area contributed by atoms with E-state index in [1.165, 1.54) is 44.9 Å². The topological polar surface area (TPSA) is 29.5 Å². The van der Waals surface area contributed by atoms with Gasteiger partial charge in [-0.1, -0.05) is 32.1 Å². The third-order valence-electron chi connectivity index (χ3n) is 4.89. The van der Waals surface area contributed by atoms with Crippen molar-refractivity contribution in [1.82, 2.24) is 4.90 Å². The van der Waals surface area contributed by atoms with E-state index in [-0.39, 0.29) is 11.7 Å². The molecular formula is C18H33NO2. The Hall–Kier alpha value is -0.730. The Kier molecular flexibility index (Phi) is 5.95. The van der Waals surface area contributed by atoms with E-state index < -0.39 is 0 Å². The SMILES string of the molecule is CC(C)(C)OC(=O)N1CCCC2CCCCCC(CC1)C2. The maximum Gasteiger partial charge on any atom is 0.410 e. The molecule has 1 saturated heterocycles. The summed E-state index contributed by atoms with van der Waals surface area (Å²) in [5.74, 6) is 1.72. The highest BCUT2D eigenvalue weighted by Crippen LogP contribution is 2.32. The minimum atomic E-state index is -0.389. The molecule has 0 aromatic heterocycles. The predicted molar refractivity (Wildman–Crippen MR) is 86.3 cm³/mol. The van der Waals surface area contributed by atoms with E-state index in [1.54, 1.807) is 0 Å². The first kappa shape index (κ1) is 16.6. The number of fused-ring (bicyclic) bond motifs is 2. The molecule has 2 aliphatic rings. The van der Waals surface area contributed by atoms with Crippen molar-refractivity contribution in [1.29, 1.82) is 0 Å². The van der Waals surface area contributed by atoms with Gasteiger partial charge in [-0.3, -0.25) is 0 Å². The molecule has 2 unspecified atom stereocenters. The van der Waals surface area contributed by atoms with Crippen LogP contribution in [0.2, 0.25) is 0 Å². The summed E-state index contributed by atoms with van der Waals surface area (Å²) in [5.41, 5.74) is -0.389. The van der Waals surface area contributed by atoms with Crippen molar-refractivity contribution < 1.29 is 9.53 Å². The van der Waals surface area contributed by atoms with Crippen LogP contribution < -0.4 is 0 Å². The molecule has 2 bridgehead atoms. The Labute approximate surface area is 130 Å². The van der Waals surface area contributed by atoms with E-state index in [1.807, 2.05) is 25.7 Å². The molecule has 2 rings (SSSR count). The number of amides is 1. The van der Waals surface area contributed by atoms with Gasteiger partial charge in [0.15, 0.2) is 0 Å². The van der Waals surface area contributed by atoms with E-state index in [0.717, 1.165) is 37.8 Å². The zero-order chi connectivity index (χ0) is 15.3. The fourth-order valence-corrected chi connectivity index (χ4v) is 3.80. The van der Waals surface area contributed by atoms with Gasteiger partial charge in [0.1, 0.15) is 5.60 Å². The summed E-state index contributed by atoms with van der Waals surface area (Å²) < 4.78 is 5.56. The Morgan fingerprint density at radius 3 is 2.19 bits per heavy atom. The van der Waals surface area contributed by atoms with Crippen molar-refractivity contribution in [3.05, 3.63) is 0 Å². The van der Waals surface area contributed by atoms with Crippen molar-refractivity contribution in [2.45, 2.75) is 84.2 Å². The van der Waals surface area contributed by atoms with Gasteiger partial charge in [-0.25, -0.2) is 4.79 Å². The van der Waals surface area contributed by atoms with Crippen LogP contribution in [0, 0.1) is 11.8 Å². The summed E-state index contributed by atoms with van der Waals surface area (Å²) in [6.07, 6.45) is 11.8. The van der Waals surface area contributed by atoms with Crippen molar-refractivity contribution in [3.8, 4) is 0 Å². The van der Waals surface area contributed by atoms with Crippen molar-refractivity contribution in [3.63, 3.8) is 0 Å². The van der Waals surface area contributed by atoms with Crippen LogP contribution in [0.15, 0.2) is 0 Å². The van der Waals surface area contributed by atoms with Gasteiger partial charge in [-0.2, -0.15) is 0 Å². The molecule has 122 valence electrons. The van der Waals surface area contributed by atoms with Crippen molar-refractivity contribution in [2.24, 2.45) is 11.8 Å².